The Hall–Kier alpha value is -0.890. The highest BCUT2D eigenvalue weighted by Gasteiger charge is 2.15. The molecule has 1 nitrogen and oxygen atoms in total. The highest BCUT2D eigenvalue weighted by Crippen LogP contribution is 2.14. The van der Waals surface area contributed by atoms with Crippen molar-refractivity contribution in [1.82, 2.24) is 5.32 Å². The van der Waals surface area contributed by atoms with Gasteiger partial charge in [-0.1, -0.05) is 19.4 Å². The maximum atomic E-state index is 12.9. The van der Waals surface area contributed by atoms with Gasteiger partial charge in [-0.15, -0.1) is 0 Å². The third-order valence-electron chi connectivity index (χ3n) is 2.94. The first-order chi connectivity index (χ1) is 7.44. The Morgan fingerprint density at radius 2 is 2.00 bits per heavy atom. The zero-order valence-electron chi connectivity index (χ0n) is 10.7. The summed E-state index contributed by atoms with van der Waals surface area (Å²) in [5.41, 5.74) is 2.33. The molecule has 0 heterocycles. The molecular weight excluding hydrogens is 201 g/mol. The van der Waals surface area contributed by atoms with Crippen LogP contribution in [-0.2, 0) is 6.54 Å². The van der Waals surface area contributed by atoms with Crippen molar-refractivity contribution < 1.29 is 4.39 Å². The predicted molar refractivity (Wildman–Crippen MR) is 67.0 cm³/mol. The Bertz CT molecular complexity index is 345. The molecule has 1 aromatic rings. The first-order valence-corrected chi connectivity index (χ1v) is 5.94. The minimum absolute atomic E-state index is 0.148. The quantitative estimate of drug-likeness (QED) is 0.800. The first kappa shape index (κ1) is 13.2. The van der Waals surface area contributed by atoms with Crippen LogP contribution in [0.4, 0.5) is 4.39 Å². The van der Waals surface area contributed by atoms with E-state index in [1.165, 1.54) is 18.1 Å². The molecule has 0 radical (unpaired) electrons. The van der Waals surface area contributed by atoms with Crippen LogP contribution in [0.3, 0.4) is 0 Å². The van der Waals surface area contributed by atoms with Crippen molar-refractivity contribution in [2.75, 3.05) is 0 Å². The molecule has 0 aliphatic heterocycles. The minimum atomic E-state index is -0.158. The second-order valence-electron chi connectivity index (χ2n) is 5.06. The van der Waals surface area contributed by atoms with Gasteiger partial charge in [0.1, 0.15) is 5.82 Å². The molecule has 90 valence electrons. The fraction of sp³-hybridized carbons (Fsp3) is 0.571. The summed E-state index contributed by atoms with van der Waals surface area (Å²) in [5.74, 6) is -0.158. The molecule has 0 aliphatic rings. The zero-order valence-corrected chi connectivity index (χ0v) is 10.7. The summed E-state index contributed by atoms with van der Waals surface area (Å²) in [7, 11) is 0. The number of halogens is 1. The van der Waals surface area contributed by atoms with Crippen LogP contribution in [0.25, 0.3) is 0 Å². The summed E-state index contributed by atoms with van der Waals surface area (Å²) in [6.45, 7) is 9.35. The van der Waals surface area contributed by atoms with E-state index in [0.29, 0.717) is 0 Å². The van der Waals surface area contributed by atoms with Crippen LogP contribution in [0.15, 0.2) is 18.2 Å². The lowest BCUT2D eigenvalue weighted by atomic mass is 9.98. The van der Waals surface area contributed by atoms with Crippen LogP contribution >= 0.6 is 0 Å². The number of hydrogen-bond acceptors (Lipinski definition) is 1. The zero-order chi connectivity index (χ0) is 12.2. The van der Waals surface area contributed by atoms with E-state index in [-0.39, 0.29) is 11.4 Å². The van der Waals surface area contributed by atoms with Crippen LogP contribution < -0.4 is 5.32 Å². The van der Waals surface area contributed by atoms with Gasteiger partial charge in [-0.25, -0.2) is 4.39 Å². The van der Waals surface area contributed by atoms with Gasteiger partial charge < -0.3 is 5.32 Å². The molecule has 0 amide bonds. The van der Waals surface area contributed by atoms with Crippen molar-refractivity contribution >= 4 is 0 Å². The van der Waals surface area contributed by atoms with E-state index in [2.05, 4.69) is 26.1 Å². The van der Waals surface area contributed by atoms with E-state index in [4.69, 9.17) is 0 Å². The predicted octanol–water partition coefficient (Wildman–Crippen LogP) is 3.80. The molecule has 1 aromatic carbocycles. The van der Waals surface area contributed by atoms with E-state index >= 15 is 0 Å². The molecular formula is C14H22FN. The second-order valence-corrected chi connectivity index (χ2v) is 5.06. The van der Waals surface area contributed by atoms with Gasteiger partial charge in [-0.05, 0) is 50.5 Å². The molecule has 0 saturated carbocycles. The van der Waals surface area contributed by atoms with E-state index < -0.39 is 0 Å². The lowest BCUT2D eigenvalue weighted by Gasteiger charge is -2.26. The molecule has 0 aromatic heterocycles. The third kappa shape index (κ3) is 3.93. The maximum absolute atomic E-state index is 12.9. The summed E-state index contributed by atoms with van der Waals surface area (Å²) < 4.78 is 12.9. The monoisotopic (exact) mass is 223 g/mol. The van der Waals surface area contributed by atoms with Gasteiger partial charge in [0.2, 0.25) is 0 Å². The lowest BCUT2D eigenvalue weighted by molar-refractivity contribution is 0.356. The molecule has 2 heteroatoms. The highest BCUT2D eigenvalue weighted by molar-refractivity contribution is 5.26. The molecule has 16 heavy (non-hydrogen) atoms. The summed E-state index contributed by atoms with van der Waals surface area (Å²) >= 11 is 0. The number of aryl methyl sites for hydroxylation is 1. The average Bonchev–Trinajstić information content (AvgIpc) is 2.16. The first-order valence-electron chi connectivity index (χ1n) is 5.94. The molecule has 1 rings (SSSR count). The fourth-order valence-corrected chi connectivity index (χ4v) is 1.91. The third-order valence-corrected chi connectivity index (χ3v) is 2.94. The summed E-state index contributed by atoms with van der Waals surface area (Å²) in [5, 5.41) is 3.51. The SMILES string of the molecule is CCCC(C)(C)NCc1ccc(F)cc1C. The van der Waals surface area contributed by atoms with Crippen LogP contribution in [0, 0.1) is 12.7 Å². The van der Waals surface area contributed by atoms with Crippen molar-refractivity contribution in [3.63, 3.8) is 0 Å². The smallest absolute Gasteiger partial charge is 0.123 e. The topological polar surface area (TPSA) is 12.0 Å². The van der Waals surface area contributed by atoms with Crippen molar-refractivity contribution in [3.8, 4) is 0 Å². The Balaban J connectivity index is 2.61. The van der Waals surface area contributed by atoms with Crippen LogP contribution in [0.5, 0.6) is 0 Å². The van der Waals surface area contributed by atoms with Gasteiger partial charge in [0.25, 0.3) is 0 Å². The molecule has 0 fully saturated rings. The standard InChI is InChI=1S/C14H22FN/c1-5-8-14(3,4)16-10-12-6-7-13(15)9-11(12)2/h6-7,9,16H,5,8,10H2,1-4H3. The Kier molecular flexibility index (Phi) is 4.48. The molecule has 0 unspecified atom stereocenters. The maximum Gasteiger partial charge on any atom is 0.123 e. The normalized spacial score (nSPS) is 11.8. The largest absolute Gasteiger partial charge is 0.308 e. The molecule has 0 saturated heterocycles. The molecule has 0 atom stereocenters. The van der Waals surface area contributed by atoms with E-state index in [0.717, 1.165) is 18.5 Å². The fourth-order valence-electron chi connectivity index (χ4n) is 1.91. The van der Waals surface area contributed by atoms with Crippen LogP contribution in [0.1, 0.15) is 44.7 Å². The summed E-state index contributed by atoms with van der Waals surface area (Å²) in [4.78, 5) is 0. The van der Waals surface area contributed by atoms with E-state index in [1.54, 1.807) is 6.07 Å². The molecule has 0 aliphatic carbocycles. The van der Waals surface area contributed by atoms with Gasteiger partial charge in [-0.2, -0.15) is 0 Å². The van der Waals surface area contributed by atoms with Gasteiger partial charge >= 0.3 is 0 Å². The van der Waals surface area contributed by atoms with Crippen molar-refractivity contribution in [3.05, 3.63) is 35.1 Å². The number of hydrogen-bond donors (Lipinski definition) is 1. The molecule has 0 bridgehead atoms. The van der Waals surface area contributed by atoms with E-state index in [1.807, 2.05) is 13.0 Å². The van der Waals surface area contributed by atoms with Crippen LogP contribution in [0.2, 0.25) is 0 Å². The van der Waals surface area contributed by atoms with Gasteiger partial charge in [-0.3, -0.25) is 0 Å². The number of benzene rings is 1. The van der Waals surface area contributed by atoms with Crippen LogP contribution in [-0.4, -0.2) is 5.54 Å². The summed E-state index contributed by atoms with van der Waals surface area (Å²) in [6, 6.07) is 4.97. The second kappa shape index (κ2) is 5.44. The summed E-state index contributed by atoms with van der Waals surface area (Å²) in [6.07, 6.45) is 2.32. The molecule has 0 spiro atoms. The average molecular weight is 223 g/mol. The van der Waals surface area contributed by atoms with Crippen molar-refractivity contribution in [2.45, 2.75) is 52.6 Å². The Morgan fingerprint density at radius 1 is 1.31 bits per heavy atom. The van der Waals surface area contributed by atoms with E-state index in [9.17, 15) is 4.39 Å². The Labute approximate surface area is 98.1 Å². The van der Waals surface area contributed by atoms with Gasteiger partial charge in [0, 0.05) is 12.1 Å². The highest BCUT2D eigenvalue weighted by atomic mass is 19.1. The minimum Gasteiger partial charge on any atom is -0.308 e. The van der Waals surface area contributed by atoms with Crippen molar-refractivity contribution in [1.29, 1.82) is 0 Å². The van der Waals surface area contributed by atoms with Gasteiger partial charge in [0.05, 0.1) is 0 Å². The lowest BCUT2D eigenvalue weighted by Crippen LogP contribution is -2.38. The van der Waals surface area contributed by atoms with Gasteiger partial charge in [0.15, 0.2) is 0 Å². The number of rotatable bonds is 5. The number of nitrogens with one attached hydrogen (secondary N) is 1. The molecule has 1 N–H and O–H groups in total. The van der Waals surface area contributed by atoms with Crippen molar-refractivity contribution in [2.24, 2.45) is 0 Å². The Morgan fingerprint density at radius 3 is 2.56 bits per heavy atom.